The number of carbonyl (C=O) groups excluding carboxylic acids is 4. The lowest BCUT2D eigenvalue weighted by Crippen LogP contribution is -2.32. The minimum atomic E-state index is -4.21. The molecule has 0 saturated carbocycles. The van der Waals surface area contributed by atoms with E-state index in [9.17, 15) is 27.6 Å². The van der Waals surface area contributed by atoms with Crippen molar-refractivity contribution in [2.75, 3.05) is 20.2 Å². The van der Waals surface area contributed by atoms with E-state index >= 15 is 0 Å². The second-order valence-corrected chi connectivity index (χ2v) is 9.33. The van der Waals surface area contributed by atoms with E-state index in [0.29, 0.717) is 17.5 Å². The molecule has 37 heavy (non-hydrogen) atoms. The first kappa shape index (κ1) is 27.0. The molecule has 11 nitrogen and oxygen atoms in total. The number of carbonyl (C=O) groups is 4. The van der Waals surface area contributed by atoms with Gasteiger partial charge in [0.05, 0.1) is 17.6 Å². The Morgan fingerprint density at radius 1 is 0.838 bits per heavy atom. The van der Waals surface area contributed by atoms with Crippen molar-refractivity contribution in [3.63, 3.8) is 0 Å². The van der Waals surface area contributed by atoms with Crippen molar-refractivity contribution in [1.29, 1.82) is 0 Å². The van der Waals surface area contributed by atoms with Crippen molar-refractivity contribution >= 4 is 33.7 Å². The van der Waals surface area contributed by atoms with E-state index in [4.69, 9.17) is 0 Å². The van der Waals surface area contributed by atoms with E-state index in [1.165, 1.54) is 37.4 Å². The van der Waals surface area contributed by atoms with Crippen LogP contribution < -0.4 is 15.4 Å². The zero-order chi connectivity index (χ0) is 26.8. The molecule has 3 rings (SSSR count). The summed E-state index contributed by atoms with van der Waals surface area (Å²) < 4.78 is 31.9. The molecule has 0 unspecified atom stereocenters. The summed E-state index contributed by atoms with van der Waals surface area (Å²) in [4.78, 5) is 51.4. The van der Waals surface area contributed by atoms with Gasteiger partial charge in [-0.3, -0.25) is 24.2 Å². The quantitative estimate of drug-likeness (QED) is 0.332. The van der Waals surface area contributed by atoms with Crippen LogP contribution in [0.1, 0.15) is 36.8 Å². The van der Waals surface area contributed by atoms with Gasteiger partial charge in [-0.2, -0.15) is 0 Å². The summed E-state index contributed by atoms with van der Waals surface area (Å²) in [7, 11) is -3.03. The Balaban J connectivity index is 1.58. The Kier molecular flexibility index (Phi) is 9.05. The molecule has 0 aliphatic carbocycles. The Morgan fingerprint density at radius 3 is 2.27 bits per heavy atom. The van der Waals surface area contributed by atoms with Gasteiger partial charge in [0.1, 0.15) is 12.2 Å². The monoisotopic (exact) mass is 524 g/mol. The molecule has 0 aliphatic rings. The van der Waals surface area contributed by atoms with Crippen LogP contribution >= 0.6 is 0 Å². The molecule has 0 saturated heterocycles. The highest BCUT2D eigenvalue weighted by molar-refractivity contribution is 7.90. The van der Waals surface area contributed by atoms with Crippen LogP contribution in [0.2, 0.25) is 0 Å². The largest absolute Gasteiger partial charge is 0.468 e. The van der Waals surface area contributed by atoms with Gasteiger partial charge < -0.3 is 15.4 Å². The van der Waals surface area contributed by atoms with Crippen LogP contribution in [-0.2, 0) is 26.0 Å². The molecule has 0 atom stereocenters. The lowest BCUT2D eigenvalue weighted by Gasteiger charge is -2.10. The third-order valence-corrected chi connectivity index (χ3v) is 6.38. The minimum absolute atomic E-state index is 0.0737. The van der Waals surface area contributed by atoms with Crippen molar-refractivity contribution in [2.45, 2.75) is 11.3 Å². The molecule has 2 aromatic carbocycles. The topological polar surface area (TPSA) is 161 Å². The van der Waals surface area contributed by atoms with E-state index in [-0.39, 0.29) is 35.1 Å². The Morgan fingerprint density at radius 2 is 1.59 bits per heavy atom. The van der Waals surface area contributed by atoms with Crippen LogP contribution in [0.15, 0.2) is 77.8 Å². The third-order valence-electron chi connectivity index (χ3n) is 5.05. The number of sulfonamides is 1. The lowest BCUT2D eigenvalue weighted by molar-refractivity contribution is -0.139. The van der Waals surface area contributed by atoms with Crippen LogP contribution in [-0.4, -0.2) is 57.3 Å². The number of esters is 1. The van der Waals surface area contributed by atoms with Gasteiger partial charge in [-0.25, -0.2) is 13.1 Å². The van der Waals surface area contributed by atoms with Gasteiger partial charge in [-0.1, -0.05) is 30.3 Å². The fourth-order valence-electron chi connectivity index (χ4n) is 3.10. The number of nitrogens with zero attached hydrogens (tertiary/aromatic N) is 1. The maximum absolute atomic E-state index is 12.8. The van der Waals surface area contributed by atoms with Gasteiger partial charge in [-0.05, 0) is 48.4 Å². The SMILES string of the molecule is COC(=O)CNC(=O)c1ccc(C(=O)NS(=O)(=O)c2cccc(CCNC(=O)c3ccccc3)c2)cn1. The predicted molar refractivity (Wildman–Crippen MR) is 132 cm³/mol. The Hall–Kier alpha value is -4.58. The van der Waals surface area contributed by atoms with Gasteiger partial charge in [0.15, 0.2) is 0 Å². The molecular formula is C25H24N4O7S. The van der Waals surface area contributed by atoms with E-state index in [2.05, 4.69) is 20.4 Å². The Labute approximate surface area is 213 Å². The highest BCUT2D eigenvalue weighted by atomic mass is 32.2. The Bertz CT molecular complexity index is 1390. The first-order valence-corrected chi connectivity index (χ1v) is 12.5. The fourth-order valence-corrected chi connectivity index (χ4v) is 4.14. The first-order valence-electron chi connectivity index (χ1n) is 11.0. The van der Waals surface area contributed by atoms with Crippen molar-refractivity contribution in [3.8, 4) is 0 Å². The molecule has 1 aromatic heterocycles. The van der Waals surface area contributed by atoms with Gasteiger partial charge in [0, 0.05) is 18.3 Å². The molecule has 3 N–H and O–H groups in total. The number of pyridine rings is 1. The smallest absolute Gasteiger partial charge is 0.325 e. The highest BCUT2D eigenvalue weighted by Crippen LogP contribution is 2.13. The zero-order valence-electron chi connectivity index (χ0n) is 19.8. The van der Waals surface area contributed by atoms with Crippen molar-refractivity contribution < 1.29 is 32.3 Å². The molecule has 0 fully saturated rings. The summed E-state index contributed by atoms with van der Waals surface area (Å²) in [5.41, 5.74) is 1.00. The summed E-state index contributed by atoms with van der Waals surface area (Å²) in [6.07, 6.45) is 1.42. The number of benzene rings is 2. The van der Waals surface area contributed by atoms with E-state index in [1.54, 1.807) is 36.4 Å². The number of amides is 3. The fraction of sp³-hybridized carbons (Fsp3) is 0.160. The summed E-state index contributed by atoms with van der Waals surface area (Å²) in [6.45, 7) is -0.0647. The standard InChI is InChI=1S/C25H24N4O7S/c1-36-22(30)16-28-25(33)21-11-10-19(15-27-21)24(32)29-37(34,35)20-9-5-6-17(14-20)12-13-26-23(31)18-7-3-2-4-8-18/h2-11,14-15H,12-13,16H2,1H3,(H,26,31)(H,28,33)(H,29,32). The number of nitrogens with one attached hydrogen (secondary N) is 3. The number of hydrogen-bond acceptors (Lipinski definition) is 8. The second kappa shape index (κ2) is 12.4. The number of aromatic nitrogens is 1. The summed E-state index contributed by atoms with van der Waals surface area (Å²) in [5.74, 6) is -2.48. The molecule has 192 valence electrons. The third kappa shape index (κ3) is 7.70. The van der Waals surface area contributed by atoms with E-state index in [0.717, 1.165) is 6.20 Å². The molecule has 3 aromatic rings. The second-order valence-electron chi connectivity index (χ2n) is 7.64. The van der Waals surface area contributed by atoms with E-state index in [1.807, 2.05) is 4.72 Å². The molecule has 0 aliphatic heterocycles. The minimum Gasteiger partial charge on any atom is -0.468 e. The molecule has 3 amide bonds. The van der Waals surface area contributed by atoms with Crippen LogP contribution in [0.3, 0.4) is 0 Å². The summed E-state index contributed by atoms with van der Waals surface area (Å²) in [6, 6.07) is 17.2. The molecule has 0 spiro atoms. The van der Waals surface area contributed by atoms with Gasteiger partial charge in [0.2, 0.25) is 0 Å². The number of methoxy groups -OCH3 is 1. The number of hydrogen-bond donors (Lipinski definition) is 3. The lowest BCUT2D eigenvalue weighted by atomic mass is 10.1. The first-order chi connectivity index (χ1) is 17.7. The van der Waals surface area contributed by atoms with Crippen LogP contribution in [0.25, 0.3) is 0 Å². The van der Waals surface area contributed by atoms with Gasteiger partial charge in [-0.15, -0.1) is 0 Å². The molecular weight excluding hydrogens is 500 g/mol. The average molecular weight is 525 g/mol. The maximum atomic E-state index is 12.8. The molecule has 0 radical (unpaired) electrons. The van der Waals surface area contributed by atoms with E-state index < -0.39 is 27.8 Å². The van der Waals surface area contributed by atoms with Crippen molar-refractivity contribution in [3.05, 3.63) is 95.3 Å². The van der Waals surface area contributed by atoms with Crippen molar-refractivity contribution in [2.24, 2.45) is 0 Å². The summed E-state index contributed by atoms with van der Waals surface area (Å²) in [5, 5.41) is 5.07. The molecule has 12 heteroatoms. The molecule has 0 bridgehead atoms. The number of rotatable bonds is 10. The normalized spacial score (nSPS) is 10.7. The summed E-state index contributed by atoms with van der Waals surface area (Å²) >= 11 is 0. The van der Waals surface area contributed by atoms with Crippen molar-refractivity contribution in [1.82, 2.24) is 20.3 Å². The molecule has 1 heterocycles. The van der Waals surface area contributed by atoms with Gasteiger partial charge in [0.25, 0.3) is 27.7 Å². The zero-order valence-corrected chi connectivity index (χ0v) is 20.6. The number of ether oxygens (including phenoxy) is 1. The van der Waals surface area contributed by atoms with Crippen LogP contribution in [0, 0.1) is 0 Å². The average Bonchev–Trinajstić information content (AvgIpc) is 2.92. The highest BCUT2D eigenvalue weighted by Gasteiger charge is 2.20. The predicted octanol–water partition coefficient (Wildman–Crippen LogP) is 1.08. The van der Waals surface area contributed by atoms with Crippen LogP contribution in [0.5, 0.6) is 0 Å². The maximum Gasteiger partial charge on any atom is 0.325 e. The van der Waals surface area contributed by atoms with Gasteiger partial charge >= 0.3 is 5.97 Å². The van der Waals surface area contributed by atoms with Crippen LogP contribution in [0.4, 0.5) is 0 Å².